The van der Waals surface area contributed by atoms with E-state index in [9.17, 15) is 24.0 Å². The van der Waals surface area contributed by atoms with Gasteiger partial charge in [-0.1, -0.05) is 49.4 Å². The summed E-state index contributed by atoms with van der Waals surface area (Å²) < 4.78 is 37.8. The topological polar surface area (TPSA) is 150 Å². The highest BCUT2D eigenvalue weighted by Gasteiger charge is 2.23. The SMILES string of the molecule is C#Cc1cc(OC(=O)c2ccc(OCCCOC(=O)C=C)cc2)c(C(=O)OCc2ccccc2)cc1OC(=O)c1ccc(OCCCOC(=O)C=C)cc1. The lowest BCUT2D eigenvalue weighted by Gasteiger charge is -2.14. The minimum Gasteiger partial charge on any atom is -0.493 e. The summed E-state index contributed by atoms with van der Waals surface area (Å²) in [6.45, 7) is 7.41. The van der Waals surface area contributed by atoms with E-state index >= 15 is 0 Å². The maximum absolute atomic E-state index is 13.4. The number of ether oxygens (including phenoxy) is 7. The molecule has 276 valence electrons. The molecule has 0 aliphatic carbocycles. The van der Waals surface area contributed by atoms with Gasteiger partial charge in [0.2, 0.25) is 0 Å². The first-order valence-electron chi connectivity index (χ1n) is 16.5. The van der Waals surface area contributed by atoms with E-state index in [1.54, 1.807) is 48.5 Å². The number of esters is 5. The Morgan fingerprint density at radius 2 is 1.09 bits per heavy atom. The molecule has 4 rings (SSSR count). The van der Waals surface area contributed by atoms with Crippen molar-refractivity contribution in [3.05, 3.63) is 144 Å². The molecule has 0 bridgehead atoms. The van der Waals surface area contributed by atoms with Crippen molar-refractivity contribution in [3.63, 3.8) is 0 Å². The van der Waals surface area contributed by atoms with Gasteiger partial charge in [-0.25, -0.2) is 24.0 Å². The van der Waals surface area contributed by atoms with E-state index in [2.05, 4.69) is 19.1 Å². The van der Waals surface area contributed by atoms with Gasteiger partial charge in [-0.3, -0.25) is 0 Å². The molecule has 0 N–H and O–H groups in total. The number of terminal acetylenes is 1. The average molecular weight is 733 g/mol. The monoisotopic (exact) mass is 732 g/mol. The summed E-state index contributed by atoms with van der Waals surface area (Å²) >= 11 is 0. The number of carbonyl (C=O) groups excluding carboxylic acids is 5. The molecule has 12 nitrogen and oxygen atoms in total. The minimum absolute atomic E-state index is 0.0189. The summed E-state index contributed by atoms with van der Waals surface area (Å²) in [5.41, 5.74) is 0.788. The Morgan fingerprint density at radius 3 is 1.57 bits per heavy atom. The molecule has 4 aromatic rings. The second-order valence-electron chi connectivity index (χ2n) is 11.0. The standard InChI is InChI=1S/C42H36O12/c1-4-30-26-37(54-41(46)32-16-20-34(21-17-32)49-23-11-25-51-39(44)6-3)35(42(47)52-28-29-12-8-7-9-13-29)27-36(30)53-40(45)31-14-18-33(19-15-31)48-22-10-24-50-38(43)5-2/h1,5-9,12-21,26-27H,2-3,10-11,22-25,28H2. The van der Waals surface area contributed by atoms with E-state index in [-0.39, 0.29) is 66.8 Å². The van der Waals surface area contributed by atoms with Crippen molar-refractivity contribution < 1.29 is 57.1 Å². The molecule has 0 atom stereocenters. The quantitative estimate of drug-likeness (QED) is 0.0260. The zero-order valence-electron chi connectivity index (χ0n) is 29.2. The summed E-state index contributed by atoms with van der Waals surface area (Å²) in [6.07, 6.45) is 8.79. The van der Waals surface area contributed by atoms with Crippen molar-refractivity contribution in [1.82, 2.24) is 0 Å². The Labute approximate surface area is 311 Å². The normalized spacial score (nSPS) is 10.1. The highest BCUT2D eigenvalue weighted by Crippen LogP contribution is 2.31. The highest BCUT2D eigenvalue weighted by atomic mass is 16.6. The third-order valence-electron chi connectivity index (χ3n) is 7.19. The Kier molecular flexibility index (Phi) is 15.2. The van der Waals surface area contributed by atoms with E-state index in [4.69, 9.17) is 39.6 Å². The number of hydrogen-bond donors (Lipinski definition) is 0. The van der Waals surface area contributed by atoms with Crippen LogP contribution in [-0.2, 0) is 30.4 Å². The lowest BCUT2D eigenvalue weighted by Crippen LogP contribution is -2.15. The van der Waals surface area contributed by atoms with E-state index in [1.807, 2.05) is 6.07 Å². The second-order valence-corrected chi connectivity index (χ2v) is 11.0. The van der Waals surface area contributed by atoms with Crippen molar-refractivity contribution in [3.8, 4) is 35.3 Å². The summed E-state index contributed by atoms with van der Waals surface area (Å²) in [4.78, 5) is 62.1. The zero-order valence-corrected chi connectivity index (χ0v) is 29.2. The summed E-state index contributed by atoms with van der Waals surface area (Å²) in [5.74, 6) is -0.569. The van der Waals surface area contributed by atoms with Crippen LogP contribution in [0.2, 0.25) is 0 Å². The van der Waals surface area contributed by atoms with E-state index in [1.165, 1.54) is 36.4 Å². The largest absolute Gasteiger partial charge is 0.493 e. The lowest BCUT2D eigenvalue weighted by atomic mass is 10.1. The smallest absolute Gasteiger partial charge is 0.343 e. The zero-order chi connectivity index (χ0) is 38.7. The average Bonchev–Trinajstić information content (AvgIpc) is 3.20. The van der Waals surface area contributed by atoms with Crippen LogP contribution in [0.4, 0.5) is 0 Å². The number of rotatable bonds is 19. The van der Waals surface area contributed by atoms with E-state index in [0.717, 1.165) is 12.2 Å². The molecule has 0 radical (unpaired) electrons. The van der Waals surface area contributed by atoms with Crippen molar-refractivity contribution in [2.45, 2.75) is 19.4 Å². The van der Waals surface area contributed by atoms with Crippen LogP contribution in [0, 0.1) is 12.3 Å². The fraction of sp³-hybridized carbons (Fsp3) is 0.167. The van der Waals surface area contributed by atoms with Crippen LogP contribution in [0.1, 0.15) is 55.0 Å². The predicted octanol–water partition coefficient (Wildman–Crippen LogP) is 6.46. The number of benzene rings is 4. The van der Waals surface area contributed by atoms with Gasteiger partial charge in [0.05, 0.1) is 43.1 Å². The molecule has 4 aromatic carbocycles. The molecule has 0 aliphatic heterocycles. The van der Waals surface area contributed by atoms with E-state index < -0.39 is 29.8 Å². The van der Waals surface area contributed by atoms with Crippen LogP contribution in [-0.4, -0.2) is 56.3 Å². The third kappa shape index (κ3) is 12.3. The molecule has 0 unspecified atom stereocenters. The van der Waals surface area contributed by atoms with Crippen LogP contribution in [0.25, 0.3) is 0 Å². The molecule has 0 fully saturated rings. The maximum Gasteiger partial charge on any atom is 0.343 e. The third-order valence-corrected chi connectivity index (χ3v) is 7.19. The Morgan fingerprint density at radius 1 is 0.593 bits per heavy atom. The first-order chi connectivity index (χ1) is 26.2. The molecule has 0 aliphatic rings. The van der Waals surface area contributed by atoms with Gasteiger partial charge >= 0.3 is 29.8 Å². The fourth-order valence-electron chi connectivity index (χ4n) is 4.46. The van der Waals surface area contributed by atoms with Gasteiger partial charge in [0.25, 0.3) is 0 Å². The summed E-state index contributed by atoms with van der Waals surface area (Å²) in [6, 6.07) is 23.5. The Balaban J connectivity index is 1.47. The molecular formula is C42H36O12. The number of hydrogen-bond acceptors (Lipinski definition) is 12. The van der Waals surface area contributed by atoms with Gasteiger partial charge in [-0.2, -0.15) is 0 Å². The maximum atomic E-state index is 13.4. The van der Waals surface area contributed by atoms with Crippen molar-refractivity contribution in [1.29, 1.82) is 0 Å². The van der Waals surface area contributed by atoms with Crippen LogP contribution >= 0.6 is 0 Å². The van der Waals surface area contributed by atoms with Crippen molar-refractivity contribution in [2.24, 2.45) is 0 Å². The number of carbonyl (C=O) groups is 5. The van der Waals surface area contributed by atoms with Gasteiger partial charge in [0.1, 0.15) is 35.2 Å². The first kappa shape index (κ1) is 39.7. The lowest BCUT2D eigenvalue weighted by molar-refractivity contribution is -0.138. The molecule has 54 heavy (non-hydrogen) atoms. The molecule has 12 heteroatoms. The van der Waals surface area contributed by atoms with Crippen LogP contribution in [0.5, 0.6) is 23.0 Å². The molecule has 0 saturated heterocycles. The van der Waals surface area contributed by atoms with Crippen molar-refractivity contribution >= 4 is 29.8 Å². The molecule has 0 spiro atoms. The summed E-state index contributed by atoms with van der Waals surface area (Å²) in [5, 5.41) is 0. The first-order valence-corrected chi connectivity index (χ1v) is 16.5. The van der Waals surface area contributed by atoms with E-state index in [0.29, 0.717) is 29.9 Å². The van der Waals surface area contributed by atoms with Crippen LogP contribution in [0.15, 0.2) is 116 Å². The summed E-state index contributed by atoms with van der Waals surface area (Å²) in [7, 11) is 0. The predicted molar refractivity (Wildman–Crippen MR) is 195 cm³/mol. The minimum atomic E-state index is -0.870. The van der Waals surface area contributed by atoms with Gasteiger partial charge in [0.15, 0.2) is 0 Å². The second kappa shape index (κ2) is 20.7. The Hall–Kier alpha value is -7.13. The molecule has 0 heterocycles. The van der Waals surface area contributed by atoms with Gasteiger partial charge < -0.3 is 33.2 Å². The van der Waals surface area contributed by atoms with Gasteiger partial charge in [-0.05, 0) is 54.1 Å². The van der Waals surface area contributed by atoms with Crippen LogP contribution in [0.3, 0.4) is 0 Å². The van der Waals surface area contributed by atoms with Crippen LogP contribution < -0.4 is 18.9 Å². The molecule has 0 aromatic heterocycles. The van der Waals surface area contributed by atoms with Crippen molar-refractivity contribution in [2.75, 3.05) is 26.4 Å². The van der Waals surface area contributed by atoms with Gasteiger partial charge in [-0.15, -0.1) is 6.42 Å². The Bertz CT molecular complexity index is 1990. The highest BCUT2D eigenvalue weighted by molar-refractivity contribution is 5.98. The molecule has 0 saturated carbocycles. The molecular weight excluding hydrogens is 696 g/mol. The van der Waals surface area contributed by atoms with Gasteiger partial charge in [0, 0.05) is 37.1 Å². The fourth-order valence-corrected chi connectivity index (χ4v) is 4.46. The molecule has 0 amide bonds.